The average Bonchev–Trinajstić information content (AvgIpc) is 3.03. The molecule has 98 valence electrons. The van der Waals surface area contributed by atoms with E-state index in [2.05, 4.69) is 27.4 Å². The molecule has 1 aliphatic rings. The normalized spacial score (nSPS) is 14.9. The Kier molecular flexibility index (Phi) is 3.57. The smallest absolute Gasteiger partial charge is 0.247 e. The van der Waals surface area contributed by atoms with Gasteiger partial charge in [-0.3, -0.25) is 4.79 Å². The number of carbonyl (C=O) groups excluding carboxylic acids is 1. The maximum atomic E-state index is 12.1. The lowest BCUT2D eigenvalue weighted by atomic mass is 10.1. The topological polar surface area (TPSA) is 33.5 Å². The van der Waals surface area contributed by atoms with Gasteiger partial charge >= 0.3 is 0 Å². The molecular weight excluding hydrogens is 326 g/mol. The van der Waals surface area contributed by atoms with Crippen molar-refractivity contribution in [1.29, 1.82) is 0 Å². The van der Waals surface area contributed by atoms with Gasteiger partial charge in [0.2, 0.25) is 5.91 Å². The molecule has 19 heavy (non-hydrogen) atoms. The Balaban J connectivity index is 1.67. The van der Waals surface area contributed by atoms with Gasteiger partial charge in [-0.05, 0) is 57.6 Å². The second-order valence-electron chi connectivity index (χ2n) is 4.35. The third kappa shape index (κ3) is 2.82. The van der Waals surface area contributed by atoms with Gasteiger partial charge in [-0.1, -0.05) is 0 Å². The Morgan fingerprint density at radius 3 is 3.11 bits per heavy atom. The van der Waals surface area contributed by atoms with E-state index in [4.69, 9.17) is 4.42 Å². The van der Waals surface area contributed by atoms with Gasteiger partial charge in [0.1, 0.15) is 5.76 Å². The van der Waals surface area contributed by atoms with Crippen LogP contribution in [0.15, 0.2) is 38.7 Å². The molecule has 0 fully saturated rings. The molecule has 0 saturated heterocycles. The Morgan fingerprint density at radius 1 is 1.42 bits per heavy atom. The first-order valence-corrected chi connectivity index (χ1v) is 7.67. The molecule has 0 atom stereocenters. The number of halogens is 1. The Labute approximate surface area is 123 Å². The van der Waals surface area contributed by atoms with E-state index in [-0.39, 0.29) is 5.91 Å². The van der Waals surface area contributed by atoms with Crippen LogP contribution in [0.1, 0.15) is 16.2 Å². The number of hydrogen-bond acceptors (Lipinski definition) is 3. The zero-order valence-electron chi connectivity index (χ0n) is 10.1. The molecule has 1 aliphatic heterocycles. The van der Waals surface area contributed by atoms with E-state index in [1.54, 1.807) is 23.5 Å². The van der Waals surface area contributed by atoms with Crippen molar-refractivity contribution in [3.05, 3.63) is 50.5 Å². The highest BCUT2D eigenvalue weighted by Crippen LogP contribution is 2.24. The van der Waals surface area contributed by atoms with E-state index in [0.29, 0.717) is 17.0 Å². The van der Waals surface area contributed by atoms with Crippen LogP contribution in [0.3, 0.4) is 0 Å². The van der Waals surface area contributed by atoms with Crippen LogP contribution in [0.25, 0.3) is 6.08 Å². The van der Waals surface area contributed by atoms with Gasteiger partial charge in [0, 0.05) is 24.0 Å². The summed E-state index contributed by atoms with van der Waals surface area (Å²) in [5.41, 5.74) is 1.28. The van der Waals surface area contributed by atoms with Crippen molar-refractivity contribution in [2.75, 3.05) is 6.54 Å². The van der Waals surface area contributed by atoms with Crippen LogP contribution in [0.2, 0.25) is 0 Å². The lowest BCUT2D eigenvalue weighted by molar-refractivity contribution is -0.126. The summed E-state index contributed by atoms with van der Waals surface area (Å²) in [6, 6.07) is 5.73. The molecule has 2 aromatic heterocycles. The lowest BCUT2D eigenvalue weighted by Crippen LogP contribution is -2.34. The molecule has 1 amide bonds. The van der Waals surface area contributed by atoms with Gasteiger partial charge in [-0.25, -0.2) is 0 Å². The van der Waals surface area contributed by atoms with Crippen molar-refractivity contribution >= 4 is 39.2 Å². The van der Waals surface area contributed by atoms with Crippen LogP contribution < -0.4 is 0 Å². The first-order valence-electron chi connectivity index (χ1n) is 6.00. The number of carbonyl (C=O) groups is 1. The maximum absolute atomic E-state index is 12.1. The third-order valence-corrected chi connectivity index (χ3v) is 4.55. The number of nitrogens with zero attached hydrogens (tertiary/aromatic N) is 1. The van der Waals surface area contributed by atoms with Crippen molar-refractivity contribution in [2.24, 2.45) is 0 Å². The quantitative estimate of drug-likeness (QED) is 0.783. The Bertz CT molecular complexity index is 629. The summed E-state index contributed by atoms with van der Waals surface area (Å²) in [5.74, 6) is 0.706. The summed E-state index contributed by atoms with van der Waals surface area (Å²) in [6.07, 6.45) is 4.23. The summed E-state index contributed by atoms with van der Waals surface area (Å²) in [7, 11) is 0. The van der Waals surface area contributed by atoms with Crippen molar-refractivity contribution in [2.45, 2.75) is 13.0 Å². The van der Waals surface area contributed by atoms with Crippen molar-refractivity contribution in [1.82, 2.24) is 4.90 Å². The molecule has 3 heterocycles. The van der Waals surface area contributed by atoms with Gasteiger partial charge in [0.05, 0.1) is 0 Å². The van der Waals surface area contributed by atoms with Crippen LogP contribution >= 0.6 is 27.3 Å². The van der Waals surface area contributed by atoms with E-state index >= 15 is 0 Å². The average molecular weight is 338 g/mol. The molecule has 3 nitrogen and oxygen atoms in total. The fourth-order valence-electron chi connectivity index (χ4n) is 2.11. The summed E-state index contributed by atoms with van der Waals surface area (Å²) < 4.78 is 5.99. The Morgan fingerprint density at radius 2 is 2.32 bits per heavy atom. The molecular formula is C14H12BrNO2S. The Hall–Kier alpha value is -1.33. The molecule has 3 rings (SSSR count). The number of hydrogen-bond donors (Lipinski definition) is 0. The van der Waals surface area contributed by atoms with Gasteiger partial charge in [0.15, 0.2) is 4.67 Å². The van der Waals surface area contributed by atoms with Gasteiger partial charge in [-0.2, -0.15) is 0 Å². The fourth-order valence-corrected chi connectivity index (χ4v) is 3.32. The first-order chi connectivity index (χ1) is 9.22. The molecule has 0 aliphatic carbocycles. The predicted molar refractivity (Wildman–Crippen MR) is 78.9 cm³/mol. The maximum Gasteiger partial charge on any atom is 0.247 e. The second kappa shape index (κ2) is 5.35. The number of furan rings is 1. The largest absolute Gasteiger partial charge is 0.450 e. The van der Waals surface area contributed by atoms with Crippen molar-refractivity contribution < 1.29 is 9.21 Å². The van der Waals surface area contributed by atoms with Crippen LogP contribution in [0, 0.1) is 0 Å². The SMILES string of the molecule is O=C(/C=C/c1ccc(Br)o1)N1CCc2sccc2C1. The third-order valence-electron chi connectivity index (χ3n) is 3.10. The van der Waals surface area contributed by atoms with Crippen LogP contribution in [-0.4, -0.2) is 17.4 Å². The van der Waals surface area contributed by atoms with E-state index in [1.165, 1.54) is 10.4 Å². The fraction of sp³-hybridized carbons (Fsp3) is 0.214. The molecule has 0 radical (unpaired) electrons. The predicted octanol–water partition coefficient (Wildman–Crippen LogP) is 3.70. The molecule has 2 aromatic rings. The number of fused-ring (bicyclic) bond motifs is 1. The van der Waals surface area contributed by atoms with Crippen LogP contribution in [-0.2, 0) is 17.8 Å². The van der Waals surface area contributed by atoms with E-state index in [0.717, 1.165) is 13.0 Å². The minimum Gasteiger partial charge on any atom is -0.450 e. The molecule has 5 heteroatoms. The van der Waals surface area contributed by atoms with Gasteiger partial charge < -0.3 is 9.32 Å². The molecule has 0 N–H and O–H groups in total. The molecule has 0 spiro atoms. The first kappa shape index (κ1) is 12.7. The van der Waals surface area contributed by atoms with Crippen molar-refractivity contribution in [3.8, 4) is 0 Å². The molecule has 0 saturated carbocycles. The zero-order valence-corrected chi connectivity index (χ0v) is 12.5. The van der Waals surface area contributed by atoms with E-state index < -0.39 is 0 Å². The summed E-state index contributed by atoms with van der Waals surface area (Å²) in [5, 5.41) is 2.09. The van der Waals surface area contributed by atoms with Crippen molar-refractivity contribution in [3.63, 3.8) is 0 Å². The van der Waals surface area contributed by atoms with Gasteiger partial charge in [0.25, 0.3) is 0 Å². The summed E-state index contributed by atoms with van der Waals surface area (Å²) in [6.45, 7) is 1.50. The summed E-state index contributed by atoms with van der Waals surface area (Å²) in [4.78, 5) is 15.4. The summed E-state index contributed by atoms with van der Waals surface area (Å²) >= 11 is 5.01. The van der Waals surface area contributed by atoms with E-state index in [1.807, 2.05) is 17.0 Å². The van der Waals surface area contributed by atoms with E-state index in [9.17, 15) is 4.79 Å². The monoisotopic (exact) mass is 337 g/mol. The molecule has 0 bridgehead atoms. The molecule has 0 unspecified atom stereocenters. The highest BCUT2D eigenvalue weighted by Gasteiger charge is 2.19. The number of rotatable bonds is 2. The lowest BCUT2D eigenvalue weighted by Gasteiger charge is -2.25. The number of amides is 1. The minimum atomic E-state index is 0.0318. The highest BCUT2D eigenvalue weighted by atomic mass is 79.9. The highest BCUT2D eigenvalue weighted by molar-refractivity contribution is 9.10. The zero-order chi connectivity index (χ0) is 13.2. The minimum absolute atomic E-state index is 0.0318. The standard InChI is InChI=1S/C14H12BrNO2S/c15-13-3-1-11(18-13)2-4-14(17)16-7-5-12-10(9-16)6-8-19-12/h1-4,6,8H,5,7,9H2/b4-2+. The van der Waals surface area contributed by atoms with Crippen LogP contribution in [0.5, 0.6) is 0 Å². The second-order valence-corrected chi connectivity index (χ2v) is 6.14. The molecule has 0 aromatic carbocycles. The number of thiophene rings is 1. The van der Waals surface area contributed by atoms with Gasteiger partial charge in [-0.15, -0.1) is 11.3 Å². The van der Waals surface area contributed by atoms with Crippen LogP contribution in [0.4, 0.5) is 0 Å².